The highest BCUT2D eigenvalue weighted by molar-refractivity contribution is 5.95. The molecule has 0 aromatic carbocycles. The molecule has 0 aromatic heterocycles. The Labute approximate surface area is 369 Å². The third-order valence-electron chi connectivity index (χ3n) is 20.0. The van der Waals surface area contributed by atoms with Gasteiger partial charge < -0.3 is 30.6 Å². The van der Waals surface area contributed by atoms with Gasteiger partial charge in [0.2, 0.25) is 0 Å². The molecule has 0 aromatic rings. The molecule has 0 heterocycles. The molecule has 0 amide bonds. The lowest BCUT2D eigenvalue weighted by molar-refractivity contribution is -0.191. The fourth-order valence-corrected chi connectivity index (χ4v) is 16.7. The maximum atomic E-state index is 14.1. The zero-order chi connectivity index (χ0) is 44.6. The van der Waals surface area contributed by atoms with Crippen LogP contribution in [0.15, 0.2) is 22.5 Å². The number of esters is 2. The van der Waals surface area contributed by atoms with Crippen molar-refractivity contribution in [2.45, 2.75) is 157 Å². The van der Waals surface area contributed by atoms with Crippen molar-refractivity contribution in [1.82, 2.24) is 0 Å². The van der Waals surface area contributed by atoms with E-state index in [0.717, 1.165) is 75.6 Å². The third-order valence-corrected chi connectivity index (χ3v) is 20.0. The van der Waals surface area contributed by atoms with Crippen LogP contribution in [0.25, 0.3) is 0 Å². The molecule has 0 saturated heterocycles. The molecule has 344 valence electrons. The molecule has 12 heteroatoms. The second-order valence-corrected chi connectivity index (χ2v) is 22.9. The molecule has 4 unspecified atom stereocenters. The highest BCUT2D eigenvalue weighted by atomic mass is 16.6. The van der Waals surface area contributed by atoms with Gasteiger partial charge in [-0.3, -0.25) is 9.59 Å². The Kier molecular flexibility index (Phi) is 12.0. The van der Waals surface area contributed by atoms with Crippen LogP contribution in [0.2, 0.25) is 0 Å². The Balaban J connectivity index is 1.05. The minimum atomic E-state index is -0.589. The Morgan fingerprint density at radius 3 is 1.34 bits per heavy atom. The molecule has 12 nitrogen and oxygen atoms in total. The first kappa shape index (κ1) is 45.4. The van der Waals surface area contributed by atoms with Crippen LogP contribution < -0.4 is 11.5 Å². The van der Waals surface area contributed by atoms with E-state index in [1.165, 1.54) is 12.2 Å². The van der Waals surface area contributed by atoms with Gasteiger partial charge in [0.1, 0.15) is 37.0 Å². The van der Waals surface area contributed by atoms with Gasteiger partial charge in [-0.25, -0.2) is 9.59 Å². The molecule has 14 atom stereocenters. The lowest BCUT2D eigenvalue weighted by Gasteiger charge is -2.64. The Morgan fingerprint density at radius 1 is 0.581 bits per heavy atom. The Bertz CT molecular complexity index is 1760. The molecule has 0 spiro atoms. The van der Waals surface area contributed by atoms with Gasteiger partial charge >= 0.3 is 11.9 Å². The zero-order valence-electron chi connectivity index (χ0n) is 39.0. The summed E-state index contributed by atoms with van der Waals surface area (Å²) in [4.78, 5) is 66.0. The minimum Gasteiger partial charge on any atom is -0.458 e. The highest BCUT2D eigenvalue weighted by Crippen LogP contribution is 2.70. The van der Waals surface area contributed by atoms with Gasteiger partial charge in [-0.15, -0.1) is 0 Å². The van der Waals surface area contributed by atoms with Gasteiger partial charge in [-0.1, -0.05) is 65.7 Å². The van der Waals surface area contributed by atoms with E-state index in [0.29, 0.717) is 87.2 Å². The van der Waals surface area contributed by atoms with Crippen molar-refractivity contribution in [2.75, 3.05) is 26.3 Å². The molecule has 8 aliphatic rings. The van der Waals surface area contributed by atoms with E-state index in [2.05, 4.69) is 65.7 Å². The third kappa shape index (κ3) is 6.95. The Morgan fingerprint density at radius 2 is 0.968 bits per heavy atom. The number of carbonyl (C=O) groups excluding carboxylic acids is 4. The summed E-state index contributed by atoms with van der Waals surface area (Å²) in [5.74, 6) is 1.93. The summed E-state index contributed by atoms with van der Waals surface area (Å²) >= 11 is 0. The van der Waals surface area contributed by atoms with E-state index >= 15 is 0 Å². The summed E-state index contributed by atoms with van der Waals surface area (Å²) in [6.45, 7) is 19.3. The van der Waals surface area contributed by atoms with Gasteiger partial charge in [-0.2, -0.15) is 0 Å². The van der Waals surface area contributed by atoms with Crippen LogP contribution in [-0.2, 0) is 38.3 Å². The number of carbonyl (C=O) groups is 4. The predicted octanol–water partition coefficient (Wildman–Crippen LogP) is 7.74. The van der Waals surface area contributed by atoms with Crippen molar-refractivity contribution < 1.29 is 38.3 Å². The number of ketones is 2. The molecule has 0 aliphatic heterocycles. The number of ether oxygens (including phenoxy) is 2. The second kappa shape index (κ2) is 16.4. The van der Waals surface area contributed by atoms with Crippen LogP contribution in [0, 0.1) is 79.8 Å². The first-order valence-electron chi connectivity index (χ1n) is 24.2. The number of rotatable bonds is 10. The van der Waals surface area contributed by atoms with Crippen LogP contribution >= 0.6 is 0 Å². The molecule has 8 aliphatic carbocycles. The standard InChI is InChI=1S/C50H76N4O8/c1-45(2)35-13-9-29-31-11-15-39(55)47(31,5)21-19-33(29)49(35,7)41(27-37(45)53-59-25-23-51)61-43(57)17-18-44(58)62-42-28-38(54-60-26-24-52)46(3,4)36-14-10-30-32-12-16-40(56)48(32,6)22-20-34(30)50(36,42)8/h17-18,29-36,41-42H,9-16,19-28,51-52H2,1-8H3/b18-17+,53-37+,54-38+/t29-,30-,31-,32-,33+,34+,35?,36?,41?,42?,47-,48-,49+,50+/m0/s1. The molecular weight excluding hydrogens is 785 g/mol. The van der Waals surface area contributed by atoms with E-state index < -0.39 is 24.1 Å². The average molecular weight is 861 g/mol. The maximum Gasteiger partial charge on any atom is 0.331 e. The average Bonchev–Trinajstić information content (AvgIpc) is 3.70. The van der Waals surface area contributed by atoms with E-state index in [4.69, 9.17) is 30.6 Å². The predicted molar refractivity (Wildman–Crippen MR) is 236 cm³/mol. The van der Waals surface area contributed by atoms with Crippen LogP contribution in [0.1, 0.15) is 145 Å². The molecule has 8 rings (SSSR count). The number of hydrogen-bond donors (Lipinski definition) is 2. The molecule has 0 bridgehead atoms. The number of Topliss-reactive ketones (excluding diaryl/α,β-unsaturated/α-hetero) is 2. The van der Waals surface area contributed by atoms with Crippen molar-refractivity contribution in [2.24, 2.45) is 102 Å². The number of nitrogens with two attached hydrogens (primary N) is 2. The normalized spacial score (nSPS) is 45.3. The van der Waals surface area contributed by atoms with Gasteiger partial charge in [0, 0.05) is 83.4 Å². The zero-order valence-corrected chi connectivity index (χ0v) is 39.0. The van der Waals surface area contributed by atoms with Crippen molar-refractivity contribution in [3.8, 4) is 0 Å². The fourth-order valence-electron chi connectivity index (χ4n) is 16.7. The maximum absolute atomic E-state index is 14.1. The highest BCUT2D eigenvalue weighted by Gasteiger charge is 2.68. The van der Waals surface area contributed by atoms with E-state index in [1.807, 2.05) is 0 Å². The minimum absolute atomic E-state index is 0.159. The quantitative estimate of drug-likeness (QED) is 0.0954. The lowest BCUT2D eigenvalue weighted by Crippen LogP contribution is -2.64. The summed E-state index contributed by atoms with van der Waals surface area (Å²) < 4.78 is 13.1. The first-order valence-corrected chi connectivity index (χ1v) is 24.2. The number of fused-ring (bicyclic) bond motifs is 10. The number of oxime groups is 2. The molecule has 62 heavy (non-hydrogen) atoms. The summed E-state index contributed by atoms with van der Waals surface area (Å²) in [5.41, 5.74) is 11.3. The SMILES string of the molecule is CC1(C)/C(=N/OCCN)CC(OC(=O)/C=C/C(=O)OC2C/C(=N\OCCN)C(C)(C)C3CC[C@@H]4[C@@H](CC[C@]5(C)C(=O)CC[C@@H]45)[C@@]23C)[C@@]2(C)C1CC[C@@H]1[C@H]2CC[C@]2(C)C(=O)CC[C@@H]12. The lowest BCUT2D eigenvalue weighted by atomic mass is 9.40. The summed E-state index contributed by atoms with van der Waals surface area (Å²) in [5, 5.41) is 9.25. The van der Waals surface area contributed by atoms with Crippen LogP contribution in [-0.4, -0.2) is 73.4 Å². The van der Waals surface area contributed by atoms with Crippen molar-refractivity contribution in [1.29, 1.82) is 0 Å². The van der Waals surface area contributed by atoms with Gasteiger partial charge in [0.05, 0.1) is 11.4 Å². The second-order valence-electron chi connectivity index (χ2n) is 22.9. The first-order chi connectivity index (χ1) is 29.3. The van der Waals surface area contributed by atoms with E-state index in [9.17, 15) is 19.2 Å². The summed E-state index contributed by atoms with van der Waals surface area (Å²) in [6.07, 6.45) is 13.0. The summed E-state index contributed by atoms with van der Waals surface area (Å²) in [7, 11) is 0. The van der Waals surface area contributed by atoms with Crippen LogP contribution in [0.4, 0.5) is 0 Å². The van der Waals surface area contributed by atoms with Gasteiger partial charge in [0.25, 0.3) is 0 Å². The van der Waals surface area contributed by atoms with E-state index in [1.54, 1.807) is 0 Å². The largest absolute Gasteiger partial charge is 0.458 e. The van der Waals surface area contributed by atoms with Gasteiger partial charge in [-0.05, 0) is 112 Å². The molecule has 8 fully saturated rings. The smallest absolute Gasteiger partial charge is 0.331 e. The van der Waals surface area contributed by atoms with Crippen molar-refractivity contribution in [3.05, 3.63) is 12.2 Å². The molecular formula is C50H76N4O8. The monoisotopic (exact) mass is 861 g/mol. The van der Waals surface area contributed by atoms with Crippen LogP contribution in [0.3, 0.4) is 0 Å². The Hall–Kier alpha value is -3.12. The molecule has 8 saturated carbocycles. The summed E-state index contributed by atoms with van der Waals surface area (Å²) in [6, 6.07) is 0. The topological polar surface area (TPSA) is 182 Å². The van der Waals surface area contributed by atoms with E-state index in [-0.39, 0.29) is 56.2 Å². The van der Waals surface area contributed by atoms with Crippen molar-refractivity contribution in [3.63, 3.8) is 0 Å². The molecule has 4 N–H and O–H groups in total. The van der Waals surface area contributed by atoms with Crippen LogP contribution in [0.5, 0.6) is 0 Å². The molecule has 0 radical (unpaired) electrons. The van der Waals surface area contributed by atoms with Gasteiger partial charge in [0.15, 0.2) is 0 Å². The number of hydrogen-bond acceptors (Lipinski definition) is 12. The van der Waals surface area contributed by atoms with Crippen molar-refractivity contribution >= 4 is 34.9 Å². The fraction of sp³-hybridized carbons (Fsp3) is 0.840. The number of nitrogens with zero attached hydrogens (tertiary/aromatic N) is 2.